The van der Waals surface area contributed by atoms with Gasteiger partial charge in [-0.15, -0.1) is 0 Å². The second-order valence-electron chi connectivity index (χ2n) is 8.43. The van der Waals surface area contributed by atoms with Gasteiger partial charge < -0.3 is 19.9 Å². The van der Waals surface area contributed by atoms with Crippen molar-refractivity contribution in [3.8, 4) is 5.75 Å². The maximum absolute atomic E-state index is 13.0. The maximum Gasteiger partial charge on any atom is 0.325 e. The zero-order valence-electron chi connectivity index (χ0n) is 19.5. The molecule has 9 nitrogen and oxygen atoms in total. The van der Waals surface area contributed by atoms with Crippen LogP contribution in [-0.2, 0) is 28.2 Å². The van der Waals surface area contributed by atoms with Crippen LogP contribution in [0.5, 0.6) is 5.75 Å². The van der Waals surface area contributed by atoms with Crippen LogP contribution >= 0.6 is 0 Å². The Hall–Kier alpha value is -4.40. The standard InChI is InChI=1S/C26H26N4O5/c1-26(20-10-12-21(35-2)13-11-20)24(33)30(25(34)28-26)17-22(31)27-15-18-6-8-19(9-7-18)16-29-14-4-3-5-23(29)32/h3-14H,15-17H2,1-2H3,(H,27,31)(H,28,34). The third-order valence-electron chi connectivity index (χ3n) is 6.01. The Bertz CT molecular complexity index is 1300. The van der Waals surface area contributed by atoms with E-state index >= 15 is 0 Å². The van der Waals surface area contributed by atoms with Gasteiger partial charge in [0, 0.05) is 18.8 Å². The predicted octanol–water partition coefficient (Wildman–Crippen LogP) is 1.99. The van der Waals surface area contributed by atoms with E-state index in [-0.39, 0.29) is 18.6 Å². The van der Waals surface area contributed by atoms with Crippen LogP contribution in [0.3, 0.4) is 0 Å². The van der Waals surface area contributed by atoms with Gasteiger partial charge in [-0.1, -0.05) is 42.5 Å². The van der Waals surface area contributed by atoms with Crippen molar-refractivity contribution in [3.63, 3.8) is 0 Å². The summed E-state index contributed by atoms with van der Waals surface area (Å²) in [7, 11) is 1.54. The molecule has 1 atom stereocenters. The Labute approximate surface area is 202 Å². The summed E-state index contributed by atoms with van der Waals surface area (Å²) >= 11 is 0. The molecular weight excluding hydrogens is 448 g/mol. The molecule has 2 N–H and O–H groups in total. The van der Waals surface area contributed by atoms with Crippen LogP contribution in [0.25, 0.3) is 0 Å². The largest absolute Gasteiger partial charge is 0.497 e. The molecule has 0 spiro atoms. The summed E-state index contributed by atoms with van der Waals surface area (Å²) in [5.41, 5.74) is 1.05. The molecule has 2 heterocycles. The minimum absolute atomic E-state index is 0.0765. The number of hydrogen-bond acceptors (Lipinski definition) is 5. The molecule has 180 valence electrons. The molecule has 4 rings (SSSR count). The van der Waals surface area contributed by atoms with E-state index in [1.54, 1.807) is 61.2 Å². The van der Waals surface area contributed by atoms with Crippen LogP contribution in [-0.4, -0.2) is 41.0 Å². The van der Waals surface area contributed by atoms with Crippen molar-refractivity contribution in [2.24, 2.45) is 0 Å². The highest BCUT2D eigenvalue weighted by Gasteiger charge is 2.49. The summed E-state index contributed by atoms with van der Waals surface area (Å²) in [6, 6.07) is 18.7. The van der Waals surface area contributed by atoms with Gasteiger partial charge >= 0.3 is 6.03 Å². The number of nitrogens with zero attached hydrogens (tertiary/aromatic N) is 2. The molecule has 1 unspecified atom stereocenters. The zero-order valence-corrected chi connectivity index (χ0v) is 19.5. The Morgan fingerprint density at radius 2 is 1.66 bits per heavy atom. The number of ether oxygens (including phenoxy) is 1. The first-order valence-electron chi connectivity index (χ1n) is 11.1. The maximum atomic E-state index is 13.0. The fourth-order valence-corrected chi connectivity index (χ4v) is 3.91. The lowest BCUT2D eigenvalue weighted by Gasteiger charge is -2.22. The van der Waals surface area contributed by atoms with Crippen LogP contribution in [0.4, 0.5) is 4.79 Å². The van der Waals surface area contributed by atoms with E-state index in [2.05, 4.69) is 10.6 Å². The number of amides is 4. The van der Waals surface area contributed by atoms with Gasteiger partial charge in [0.1, 0.15) is 17.8 Å². The van der Waals surface area contributed by atoms with Gasteiger partial charge in [-0.05, 0) is 41.8 Å². The van der Waals surface area contributed by atoms with E-state index in [9.17, 15) is 19.2 Å². The second kappa shape index (κ2) is 9.84. The number of urea groups is 1. The minimum Gasteiger partial charge on any atom is -0.497 e. The highest BCUT2D eigenvalue weighted by Crippen LogP contribution is 2.29. The van der Waals surface area contributed by atoms with Crippen molar-refractivity contribution in [1.82, 2.24) is 20.1 Å². The summed E-state index contributed by atoms with van der Waals surface area (Å²) in [6.45, 7) is 1.92. The summed E-state index contributed by atoms with van der Waals surface area (Å²) in [6.07, 6.45) is 1.73. The van der Waals surface area contributed by atoms with Gasteiger partial charge in [0.2, 0.25) is 5.91 Å². The Morgan fingerprint density at radius 3 is 2.31 bits per heavy atom. The molecule has 2 aromatic carbocycles. The summed E-state index contributed by atoms with van der Waals surface area (Å²) in [4.78, 5) is 50.8. The van der Waals surface area contributed by atoms with Gasteiger partial charge in [0.25, 0.3) is 11.5 Å². The number of carbonyl (C=O) groups excluding carboxylic acids is 3. The third-order valence-corrected chi connectivity index (χ3v) is 6.01. The quantitative estimate of drug-likeness (QED) is 0.486. The predicted molar refractivity (Wildman–Crippen MR) is 129 cm³/mol. The number of hydrogen-bond donors (Lipinski definition) is 2. The van der Waals surface area contributed by atoms with Gasteiger partial charge in [0.15, 0.2) is 0 Å². The number of aromatic nitrogens is 1. The van der Waals surface area contributed by atoms with E-state index in [1.165, 1.54) is 6.07 Å². The van der Waals surface area contributed by atoms with Gasteiger partial charge in [-0.3, -0.25) is 19.3 Å². The Balaban J connectivity index is 1.33. The van der Waals surface area contributed by atoms with Crippen molar-refractivity contribution in [3.05, 3.63) is 100.0 Å². The molecule has 1 aliphatic rings. The van der Waals surface area contributed by atoms with Crippen molar-refractivity contribution < 1.29 is 19.1 Å². The molecule has 35 heavy (non-hydrogen) atoms. The molecule has 9 heteroatoms. The SMILES string of the molecule is COc1ccc(C2(C)NC(=O)N(CC(=O)NCc3ccc(Cn4ccccc4=O)cc3)C2=O)cc1. The number of rotatable bonds is 8. The van der Waals surface area contributed by atoms with Crippen LogP contribution in [0.1, 0.15) is 23.6 Å². The van der Waals surface area contributed by atoms with Crippen molar-refractivity contribution in [2.45, 2.75) is 25.6 Å². The molecule has 0 bridgehead atoms. The van der Waals surface area contributed by atoms with Crippen LogP contribution in [0, 0.1) is 0 Å². The molecule has 1 aromatic heterocycles. The van der Waals surface area contributed by atoms with Gasteiger partial charge in [-0.2, -0.15) is 0 Å². The zero-order chi connectivity index (χ0) is 25.0. The molecule has 1 aliphatic heterocycles. The Morgan fingerprint density at radius 1 is 0.971 bits per heavy atom. The van der Waals surface area contributed by atoms with E-state index in [0.29, 0.717) is 17.9 Å². The lowest BCUT2D eigenvalue weighted by Crippen LogP contribution is -2.43. The van der Waals surface area contributed by atoms with Crippen molar-refractivity contribution in [1.29, 1.82) is 0 Å². The summed E-state index contributed by atoms with van der Waals surface area (Å²) in [5, 5.41) is 5.43. The number of benzene rings is 2. The van der Waals surface area contributed by atoms with Gasteiger partial charge in [0.05, 0.1) is 13.7 Å². The smallest absolute Gasteiger partial charge is 0.325 e. The Kier molecular flexibility index (Phi) is 6.68. The molecule has 0 aliphatic carbocycles. The number of methoxy groups -OCH3 is 1. The number of carbonyl (C=O) groups is 3. The summed E-state index contributed by atoms with van der Waals surface area (Å²) in [5.74, 6) is -0.317. The highest BCUT2D eigenvalue weighted by molar-refractivity contribution is 6.09. The number of imide groups is 1. The van der Waals surface area contributed by atoms with E-state index in [4.69, 9.17) is 4.74 Å². The van der Waals surface area contributed by atoms with Crippen molar-refractivity contribution in [2.75, 3.05) is 13.7 Å². The molecule has 1 saturated heterocycles. The molecule has 0 radical (unpaired) electrons. The topological polar surface area (TPSA) is 110 Å². The average Bonchev–Trinajstić information content (AvgIpc) is 3.08. The second-order valence-corrected chi connectivity index (χ2v) is 8.43. The first-order chi connectivity index (χ1) is 16.8. The lowest BCUT2D eigenvalue weighted by atomic mass is 9.92. The van der Waals surface area contributed by atoms with Crippen LogP contribution in [0.2, 0.25) is 0 Å². The van der Waals surface area contributed by atoms with E-state index in [0.717, 1.165) is 16.0 Å². The minimum atomic E-state index is -1.26. The molecule has 3 aromatic rings. The normalized spacial score (nSPS) is 17.3. The first-order valence-corrected chi connectivity index (χ1v) is 11.1. The van der Waals surface area contributed by atoms with Crippen LogP contribution in [0.15, 0.2) is 77.7 Å². The number of pyridine rings is 1. The first kappa shape index (κ1) is 23.7. The monoisotopic (exact) mass is 474 g/mol. The molecule has 1 fully saturated rings. The van der Waals surface area contributed by atoms with Crippen molar-refractivity contribution >= 4 is 17.8 Å². The highest BCUT2D eigenvalue weighted by atomic mass is 16.5. The van der Waals surface area contributed by atoms with Crippen LogP contribution < -0.4 is 20.9 Å². The fourth-order valence-electron chi connectivity index (χ4n) is 3.91. The lowest BCUT2D eigenvalue weighted by molar-refractivity contribution is -0.134. The molecule has 0 saturated carbocycles. The average molecular weight is 475 g/mol. The van der Waals surface area contributed by atoms with Gasteiger partial charge in [-0.25, -0.2) is 4.79 Å². The van der Waals surface area contributed by atoms with E-state index in [1.807, 2.05) is 24.3 Å². The molecule has 4 amide bonds. The number of nitrogens with one attached hydrogen (secondary N) is 2. The van der Waals surface area contributed by atoms with E-state index < -0.39 is 23.4 Å². The third kappa shape index (κ3) is 5.08. The fraction of sp³-hybridized carbons (Fsp3) is 0.231. The molecular formula is C26H26N4O5. The summed E-state index contributed by atoms with van der Waals surface area (Å²) < 4.78 is 6.74.